The molecule has 0 saturated carbocycles. The van der Waals surface area contributed by atoms with Crippen LogP contribution in [0.2, 0.25) is 0 Å². The molecule has 0 saturated heterocycles. The van der Waals surface area contributed by atoms with Gasteiger partial charge < -0.3 is 0 Å². The summed E-state index contributed by atoms with van der Waals surface area (Å²) in [7, 11) is 1.65. The molecule has 0 fully saturated rings. The third-order valence-electron chi connectivity index (χ3n) is 2.22. The molecule has 2 aromatic rings. The van der Waals surface area contributed by atoms with Crippen molar-refractivity contribution in [3.63, 3.8) is 0 Å². The molecule has 0 aliphatic rings. The number of hydrogen-bond donors (Lipinski definition) is 0. The van der Waals surface area contributed by atoms with Crippen LogP contribution in [0, 0.1) is 5.82 Å². The van der Waals surface area contributed by atoms with E-state index in [0.29, 0.717) is 10.3 Å². The van der Waals surface area contributed by atoms with Crippen molar-refractivity contribution in [2.45, 2.75) is 4.90 Å². The molecule has 0 bridgehead atoms. The van der Waals surface area contributed by atoms with Gasteiger partial charge in [-0.05, 0) is 34.1 Å². The number of carbonyl (C=O) groups is 1. The molecule has 1 heterocycles. The van der Waals surface area contributed by atoms with Crippen molar-refractivity contribution in [3.05, 3.63) is 40.4 Å². The van der Waals surface area contributed by atoms with E-state index in [0.717, 1.165) is 4.90 Å². The largest absolute Gasteiger partial charge is 0.291 e. The summed E-state index contributed by atoms with van der Waals surface area (Å²) in [4.78, 5) is 12.7. The van der Waals surface area contributed by atoms with Crippen LogP contribution in [-0.2, 0) is 7.05 Å². The number of hydrogen-bond acceptors (Lipinski definition) is 4. The Morgan fingerprint density at radius 1 is 1.56 bits per heavy atom. The van der Waals surface area contributed by atoms with Gasteiger partial charge in [-0.2, -0.15) is 0 Å². The molecule has 7 heteroatoms. The molecule has 0 aliphatic heterocycles. The summed E-state index contributed by atoms with van der Waals surface area (Å²) in [6.45, 7) is 0. The average molecular weight is 330 g/mol. The Bertz CT molecular complexity index is 568. The van der Waals surface area contributed by atoms with Gasteiger partial charge in [0.2, 0.25) is 0 Å². The van der Waals surface area contributed by atoms with E-state index in [1.165, 1.54) is 28.6 Å². The fourth-order valence-electron chi connectivity index (χ4n) is 1.40. The molecule has 0 spiro atoms. The number of rotatable bonds is 4. The lowest BCUT2D eigenvalue weighted by atomic mass is 10.3. The van der Waals surface area contributed by atoms with E-state index >= 15 is 0 Å². The molecule has 0 amide bonds. The van der Waals surface area contributed by atoms with Crippen LogP contribution in [0.5, 0.6) is 0 Å². The first-order chi connectivity index (χ1) is 8.58. The van der Waals surface area contributed by atoms with Crippen molar-refractivity contribution in [2.24, 2.45) is 7.05 Å². The lowest BCUT2D eigenvalue weighted by Gasteiger charge is -2.02. The molecule has 0 aliphatic carbocycles. The zero-order chi connectivity index (χ0) is 13.1. The molecule has 18 heavy (non-hydrogen) atoms. The highest BCUT2D eigenvalue weighted by Crippen LogP contribution is 2.21. The fraction of sp³-hybridized carbons (Fsp3) is 0.182. The standard InChI is InChI=1S/C11H9BrFN3OS/c1-16-10(11(12)14-15-16)9(17)6-18-8-4-2-3-7(13)5-8/h2-5H,6H2,1H3. The number of nitrogens with zero attached hydrogens (tertiary/aromatic N) is 3. The maximum atomic E-state index is 13.0. The van der Waals surface area contributed by atoms with Crippen molar-refractivity contribution in [3.8, 4) is 0 Å². The molecule has 0 atom stereocenters. The molecule has 0 unspecified atom stereocenters. The first kappa shape index (κ1) is 13.2. The summed E-state index contributed by atoms with van der Waals surface area (Å²) in [5, 5.41) is 7.48. The van der Waals surface area contributed by atoms with Gasteiger partial charge >= 0.3 is 0 Å². The van der Waals surface area contributed by atoms with Crippen LogP contribution in [0.1, 0.15) is 10.5 Å². The van der Waals surface area contributed by atoms with E-state index in [4.69, 9.17) is 0 Å². The van der Waals surface area contributed by atoms with Crippen LogP contribution < -0.4 is 0 Å². The predicted octanol–water partition coefficient (Wildman–Crippen LogP) is 2.69. The Morgan fingerprint density at radius 3 is 2.94 bits per heavy atom. The first-order valence-electron chi connectivity index (χ1n) is 5.04. The Morgan fingerprint density at radius 2 is 2.33 bits per heavy atom. The number of Topliss-reactive ketones (excluding diaryl/α,β-unsaturated/α-hetero) is 1. The smallest absolute Gasteiger partial charge is 0.193 e. The number of halogens is 2. The Hall–Kier alpha value is -1.21. The lowest BCUT2D eigenvalue weighted by Crippen LogP contribution is -2.09. The predicted molar refractivity (Wildman–Crippen MR) is 70.2 cm³/mol. The summed E-state index contributed by atoms with van der Waals surface area (Å²) >= 11 is 4.45. The third-order valence-corrected chi connectivity index (χ3v) is 3.74. The zero-order valence-electron chi connectivity index (χ0n) is 9.43. The van der Waals surface area contributed by atoms with Gasteiger partial charge in [0.15, 0.2) is 10.4 Å². The SMILES string of the molecule is Cn1nnc(Br)c1C(=O)CSc1cccc(F)c1. The molecular formula is C11H9BrFN3OS. The Kier molecular flexibility index (Phi) is 4.13. The summed E-state index contributed by atoms with van der Waals surface area (Å²) < 4.78 is 14.8. The van der Waals surface area contributed by atoms with Crippen LogP contribution in [0.3, 0.4) is 0 Å². The third kappa shape index (κ3) is 2.97. The number of aromatic nitrogens is 3. The van der Waals surface area contributed by atoms with E-state index in [2.05, 4.69) is 26.2 Å². The number of carbonyl (C=O) groups excluding carboxylic acids is 1. The van der Waals surface area contributed by atoms with Crippen LogP contribution in [-0.4, -0.2) is 26.5 Å². The maximum Gasteiger partial charge on any atom is 0.193 e. The summed E-state index contributed by atoms with van der Waals surface area (Å²) in [5.74, 6) is -0.206. The Labute approximate surface area is 116 Å². The lowest BCUT2D eigenvalue weighted by molar-refractivity contribution is 0.101. The van der Waals surface area contributed by atoms with Gasteiger partial charge in [-0.15, -0.1) is 16.9 Å². The minimum Gasteiger partial charge on any atom is -0.291 e. The van der Waals surface area contributed by atoms with Gasteiger partial charge in [-0.3, -0.25) is 4.79 Å². The van der Waals surface area contributed by atoms with Gasteiger partial charge in [0.25, 0.3) is 0 Å². The fourth-order valence-corrected chi connectivity index (χ4v) is 2.76. The van der Waals surface area contributed by atoms with Crippen LogP contribution >= 0.6 is 27.7 Å². The number of ketones is 1. The second kappa shape index (κ2) is 5.62. The molecule has 94 valence electrons. The second-order valence-electron chi connectivity index (χ2n) is 3.52. The normalized spacial score (nSPS) is 10.6. The van der Waals surface area contributed by atoms with E-state index in [9.17, 15) is 9.18 Å². The van der Waals surface area contributed by atoms with Crippen molar-refractivity contribution >= 4 is 33.5 Å². The molecule has 2 rings (SSSR count). The molecule has 1 aromatic carbocycles. The highest BCUT2D eigenvalue weighted by Gasteiger charge is 2.16. The quantitative estimate of drug-likeness (QED) is 0.639. The van der Waals surface area contributed by atoms with Gasteiger partial charge in [0.1, 0.15) is 11.5 Å². The maximum absolute atomic E-state index is 13.0. The molecule has 0 N–H and O–H groups in total. The number of aryl methyl sites for hydroxylation is 1. The van der Waals surface area contributed by atoms with Crippen LogP contribution in [0.25, 0.3) is 0 Å². The molecule has 1 aromatic heterocycles. The van der Waals surface area contributed by atoms with Gasteiger partial charge in [-0.1, -0.05) is 11.3 Å². The molecular weight excluding hydrogens is 321 g/mol. The van der Waals surface area contributed by atoms with Crippen molar-refractivity contribution in [1.82, 2.24) is 15.0 Å². The molecule has 4 nitrogen and oxygen atoms in total. The van der Waals surface area contributed by atoms with Gasteiger partial charge in [0.05, 0.1) is 5.75 Å². The Balaban J connectivity index is 2.05. The molecule has 0 radical (unpaired) electrons. The average Bonchev–Trinajstić information content (AvgIpc) is 2.66. The van der Waals surface area contributed by atoms with E-state index in [1.54, 1.807) is 19.2 Å². The zero-order valence-corrected chi connectivity index (χ0v) is 11.8. The second-order valence-corrected chi connectivity index (χ2v) is 5.32. The van der Waals surface area contributed by atoms with Crippen molar-refractivity contribution in [1.29, 1.82) is 0 Å². The van der Waals surface area contributed by atoms with Crippen molar-refractivity contribution < 1.29 is 9.18 Å². The number of benzene rings is 1. The van der Waals surface area contributed by atoms with Gasteiger partial charge in [0, 0.05) is 11.9 Å². The van der Waals surface area contributed by atoms with Crippen LogP contribution in [0.4, 0.5) is 4.39 Å². The topological polar surface area (TPSA) is 47.8 Å². The van der Waals surface area contributed by atoms with Crippen LogP contribution in [0.15, 0.2) is 33.8 Å². The van der Waals surface area contributed by atoms with Gasteiger partial charge in [-0.25, -0.2) is 9.07 Å². The van der Waals surface area contributed by atoms with E-state index < -0.39 is 0 Å². The first-order valence-corrected chi connectivity index (χ1v) is 6.82. The highest BCUT2D eigenvalue weighted by atomic mass is 79.9. The monoisotopic (exact) mass is 329 g/mol. The minimum atomic E-state index is -0.309. The minimum absolute atomic E-state index is 0.108. The summed E-state index contributed by atoms with van der Waals surface area (Å²) in [6.07, 6.45) is 0. The number of thioether (sulfide) groups is 1. The van der Waals surface area contributed by atoms with E-state index in [-0.39, 0.29) is 17.4 Å². The summed E-state index contributed by atoms with van der Waals surface area (Å²) in [5.41, 5.74) is 0.416. The van der Waals surface area contributed by atoms with Crippen molar-refractivity contribution in [2.75, 3.05) is 5.75 Å². The highest BCUT2D eigenvalue weighted by molar-refractivity contribution is 9.10. The summed E-state index contributed by atoms with van der Waals surface area (Å²) in [6, 6.07) is 6.14. The van der Waals surface area contributed by atoms with E-state index in [1.807, 2.05) is 0 Å².